The Kier molecular flexibility index (Phi) is 6.81. The molecule has 1 aromatic carbocycles. The third kappa shape index (κ3) is 5.53. The lowest BCUT2D eigenvalue weighted by atomic mass is 10.2. The first-order valence-corrected chi connectivity index (χ1v) is 9.79. The Labute approximate surface area is 181 Å². The average molecular weight is 506 g/mol. The summed E-state index contributed by atoms with van der Waals surface area (Å²) in [5.74, 6) is 1.41. The number of aryl methyl sites for hydroxylation is 1. The molecule has 0 aliphatic carbocycles. The molecule has 0 atom stereocenters. The number of hydrogen-bond acceptors (Lipinski definition) is 7. The topological polar surface area (TPSA) is 99.4 Å². The average Bonchev–Trinajstić information content (AvgIpc) is 2.72. The molecule has 0 unspecified atom stereocenters. The zero-order chi connectivity index (χ0) is 20.8. The largest absolute Gasteiger partial charge is 0.493 e. The van der Waals surface area contributed by atoms with Crippen molar-refractivity contribution in [3.63, 3.8) is 0 Å². The number of nitrogens with one attached hydrogen (secondary N) is 1. The summed E-state index contributed by atoms with van der Waals surface area (Å²) in [5, 5.41) is 14.2. The summed E-state index contributed by atoms with van der Waals surface area (Å²) < 4.78 is 12.0. The van der Waals surface area contributed by atoms with Crippen molar-refractivity contribution in [2.24, 2.45) is 0 Å². The smallest absolute Gasteiger partial charge is 0.312 e. The van der Waals surface area contributed by atoms with Gasteiger partial charge in [-0.05, 0) is 53.3 Å². The Morgan fingerprint density at radius 3 is 2.59 bits per heavy atom. The normalized spacial score (nSPS) is 10.4. The van der Waals surface area contributed by atoms with Gasteiger partial charge < -0.3 is 14.8 Å². The molecule has 3 aromatic rings. The van der Waals surface area contributed by atoms with Crippen molar-refractivity contribution < 1.29 is 14.4 Å². The van der Waals surface area contributed by atoms with Gasteiger partial charge in [-0.15, -0.1) is 0 Å². The zero-order valence-corrected chi connectivity index (χ0v) is 18.0. The Morgan fingerprint density at radius 1 is 1.10 bits per heavy atom. The molecule has 1 N–H and O–H groups in total. The summed E-state index contributed by atoms with van der Waals surface area (Å²) in [5.41, 5.74) is 2.72. The molecule has 0 amide bonds. The van der Waals surface area contributed by atoms with E-state index in [0.29, 0.717) is 28.2 Å². The molecule has 2 aromatic heterocycles. The molecule has 29 heavy (non-hydrogen) atoms. The fourth-order valence-corrected chi connectivity index (χ4v) is 3.01. The van der Waals surface area contributed by atoms with E-state index in [0.717, 1.165) is 16.8 Å². The van der Waals surface area contributed by atoms with Gasteiger partial charge in [0.1, 0.15) is 6.61 Å². The van der Waals surface area contributed by atoms with Crippen LogP contribution in [0.3, 0.4) is 0 Å². The van der Waals surface area contributed by atoms with Gasteiger partial charge >= 0.3 is 5.69 Å². The standard InChI is InChI=1S/C20H19IN4O4/c1-13-3-4-15(10-22-13)12-29-18-6-5-14(7-19(18)28-2)9-23-20-17(25(26)27)8-16(21)11-24-20/h3-8,10-11H,9,12H2,1-2H3,(H,23,24). The second-order valence-corrected chi connectivity index (χ2v) is 7.46. The van der Waals surface area contributed by atoms with Gasteiger partial charge in [-0.1, -0.05) is 12.1 Å². The van der Waals surface area contributed by atoms with Crippen LogP contribution in [0.1, 0.15) is 16.8 Å². The minimum absolute atomic E-state index is 0.0597. The monoisotopic (exact) mass is 506 g/mol. The number of anilines is 1. The highest BCUT2D eigenvalue weighted by molar-refractivity contribution is 14.1. The lowest BCUT2D eigenvalue weighted by Gasteiger charge is -2.13. The van der Waals surface area contributed by atoms with Crippen LogP contribution in [-0.4, -0.2) is 22.0 Å². The first-order chi connectivity index (χ1) is 14.0. The van der Waals surface area contributed by atoms with Crippen molar-refractivity contribution in [2.45, 2.75) is 20.1 Å². The number of ether oxygens (including phenoxy) is 2. The van der Waals surface area contributed by atoms with Gasteiger partial charge in [-0.2, -0.15) is 0 Å². The summed E-state index contributed by atoms with van der Waals surface area (Å²) in [4.78, 5) is 19.1. The number of pyridine rings is 2. The van der Waals surface area contributed by atoms with Gasteiger partial charge in [0.2, 0.25) is 5.82 Å². The molecular weight excluding hydrogens is 487 g/mol. The van der Waals surface area contributed by atoms with Gasteiger partial charge in [0.25, 0.3) is 0 Å². The summed E-state index contributed by atoms with van der Waals surface area (Å²) in [7, 11) is 1.57. The predicted octanol–water partition coefficient (Wildman–Crippen LogP) is 4.50. The lowest BCUT2D eigenvalue weighted by molar-refractivity contribution is -0.384. The number of nitro groups is 1. The van der Waals surface area contributed by atoms with Crippen LogP contribution in [0.2, 0.25) is 0 Å². The molecule has 0 saturated heterocycles. The van der Waals surface area contributed by atoms with Crippen molar-refractivity contribution in [3.8, 4) is 11.5 Å². The van der Waals surface area contributed by atoms with E-state index in [9.17, 15) is 10.1 Å². The molecule has 0 bridgehead atoms. The van der Waals surface area contributed by atoms with Crippen molar-refractivity contribution in [1.29, 1.82) is 0 Å². The summed E-state index contributed by atoms with van der Waals surface area (Å²) in [6.45, 7) is 2.66. The minimum atomic E-state index is -0.449. The van der Waals surface area contributed by atoms with Gasteiger partial charge in [-0.25, -0.2) is 4.98 Å². The molecule has 2 heterocycles. The first-order valence-electron chi connectivity index (χ1n) is 8.71. The SMILES string of the molecule is COc1cc(CNc2ncc(I)cc2[N+](=O)[O-])ccc1OCc1ccc(C)nc1. The maximum Gasteiger partial charge on any atom is 0.312 e. The third-order valence-electron chi connectivity index (χ3n) is 4.09. The molecular formula is C20H19IN4O4. The number of halogens is 1. The molecule has 3 rings (SSSR count). The van der Waals surface area contributed by atoms with E-state index in [1.165, 1.54) is 6.07 Å². The number of benzene rings is 1. The van der Waals surface area contributed by atoms with E-state index in [1.54, 1.807) is 19.5 Å². The summed E-state index contributed by atoms with van der Waals surface area (Å²) >= 11 is 1.99. The van der Waals surface area contributed by atoms with E-state index in [4.69, 9.17) is 9.47 Å². The van der Waals surface area contributed by atoms with Crippen LogP contribution in [-0.2, 0) is 13.2 Å². The van der Waals surface area contributed by atoms with Crippen molar-refractivity contribution in [1.82, 2.24) is 9.97 Å². The fourth-order valence-electron chi connectivity index (χ4n) is 2.58. The van der Waals surface area contributed by atoms with Crippen LogP contribution >= 0.6 is 22.6 Å². The van der Waals surface area contributed by atoms with Crippen LogP contribution in [0.15, 0.2) is 48.8 Å². The van der Waals surface area contributed by atoms with Crippen LogP contribution in [0.25, 0.3) is 0 Å². The Balaban J connectivity index is 1.69. The number of hydrogen-bond donors (Lipinski definition) is 1. The van der Waals surface area contributed by atoms with Gasteiger partial charge in [-0.3, -0.25) is 15.1 Å². The van der Waals surface area contributed by atoms with E-state index in [1.807, 2.05) is 59.8 Å². The first kappa shape index (κ1) is 20.8. The van der Waals surface area contributed by atoms with Crippen LogP contribution in [0.5, 0.6) is 11.5 Å². The van der Waals surface area contributed by atoms with Gasteiger partial charge in [0.15, 0.2) is 11.5 Å². The Morgan fingerprint density at radius 2 is 1.90 bits per heavy atom. The van der Waals surface area contributed by atoms with E-state index in [-0.39, 0.29) is 11.5 Å². The molecule has 0 saturated carbocycles. The second-order valence-electron chi connectivity index (χ2n) is 6.21. The van der Waals surface area contributed by atoms with E-state index in [2.05, 4.69) is 15.3 Å². The maximum absolute atomic E-state index is 11.2. The molecule has 8 nitrogen and oxygen atoms in total. The zero-order valence-electron chi connectivity index (χ0n) is 15.9. The van der Waals surface area contributed by atoms with Gasteiger partial charge in [0.05, 0.1) is 12.0 Å². The highest BCUT2D eigenvalue weighted by atomic mass is 127. The number of methoxy groups -OCH3 is 1. The van der Waals surface area contributed by atoms with Crippen LogP contribution in [0.4, 0.5) is 11.5 Å². The number of aromatic nitrogens is 2. The van der Waals surface area contributed by atoms with Crippen LogP contribution in [0, 0.1) is 20.6 Å². The molecule has 0 aliphatic heterocycles. The predicted molar refractivity (Wildman–Crippen MR) is 117 cm³/mol. The molecule has 9 heteroatoms. The quantitative estimate of drug-likeness (QED) is 0.273. The Bertz CT molecular complexity index is 1010. The fraction of sp³-hybridized carbons (Fsp3) is 0.200. The third-order valence-corrected chi connectivity index (χ3v) is 4.68. The Hall–Kier alpha value is -2.95. The second kappa shape index (κ2) is 9.50. The van der Waals surface area contributed by atoms with Crippen molar-refractivity contribution >= 4 is 34.1 Å². The van der Waals surface area contributed by atoms with Crippen molar-refractivity contribution in [2.75, 3.05) is 12.4 Å². The summed E-state index contributed by atoms with van der Waals surface area (Å²) in [6.07, 6.45) is 3.36. The number of rotatable bonds is 8. The highest BCUT2D eigenvalue weighted by Gasteiger charge is 2.16. The molecule has 0 fully saturated rings. The minimum Gasteiger partial charge on any atom is -0.493 e. The molecule has 0 radical (unpaired) electrons. The van der Waals surface area contributed by atoms with Crippen molar-refractivity contribution in [3.05, 3.63) is 79.3 Å². The van der Waals surface area contributed by atoms with E-state index < -0.39 is 4.92 Å². The molecule has 0 aliphatic rings. The maximum atomic E-state index is 11.2. The molecule has 150 valence electrons. The summed E-state index contributed by atoms with van der Waals surface area (Å²) in [6, 6.07) is 10.9. The number of nitrogens with zero attached hydrogens (tertiary/aromatic N) is 3. The van der Waals surface area contributed by atoms with E-state index >= 15 is 0 Å². The van der Waals surface area contributed by atoms with Crippen LogP contribution < -0.4 is 14.8 Å². The van der Waals surface area contributed by atoms with Gasteiger partial charge in [0, 0.05) is 39.8 Å². The highest BCUT2D eigenvalue weighted by Crippen LogP contribution is 2.30. The lowest BCUT2D eigenvalue weighted by Crippen LogP contribution is -2.05. The molecule has 0 spiro atoms.